The number of carbonyl (C=O) groups excluding carboxylic acids is 2. The van der Waals surface area contributed by atoms with E-state index in [2.05, 4.69) is 12.2 Å². The summed E-state index contributed by atoms with van der Waals surface area (Å²) in [6.45, 7) is 2.21. The molecule has 2 aromatic rings. The molecule has 25 heavy (non-hydrogen) atoms. The Morgan fingerprint density at radius 3 is 3.04 bits per heavy atom. The minimum atomic E-state index is -0.370. The van der Waals surface area contributed by atoms with E-state index in [9.17, 15) is 9.59 Å². The van der Waals surface area contributed by atoms with E-state index in [1.807, 2.05) is 12.1 Å². The third-order valence-corrected chi connectivity index (χ3v) is 6.34. The molecule has 2 heterocycles. The normalized spacial score (nSPS) is 16.3. The summed E-state index contributed by atoms with van der Waals surface area (Å²) in [6, 6.07) is 3.71. The van der Waals surface area contributed by atoms with E-state index in [1.165, 1.54) is 35.1 Å². The van der Waals surface area contributed by atoms with Crippen molar-refractivity contribution >= 4 is 40.0 Å². The second kappa shape index (κ2) is 8.10. The second-order valence-electron chi connectivity index (χ2n) is 6.17. The van der Waals surface area contributed by atoms with Crippen LogP contribution in [0.5, 0.6) is 0 Å². The van der Waals surface area contributed by atoms with Gasteiger partial charge in [-0.25, -0.2) is 4.79 Å². The number of thioether (sulfide) groups is 1. The van der Waals surface area contributed by atoms with Crippen LogP contribution in [0.25, 0.3) is 0 Å². The Balaban J connectivity index is 1.68. The number of methoxy groups -OCH3 is 1. The molecule has 7 heteroatoms. The Morgan fingerprint density at radius 1 is 1.48 bits per heavy atom. The Kier molecular flexibility index (Phi) is 5.86. The number of carbonyl (C=O) groups is 2. The van der Waals surface area contributed by atoms with Crippen LogP contribution in [0.2, 0.25) is 0 Å². The van der Waals surface area contributed by atoms with Gasteiger partial charge in [-0.05, 0) is 42.9 Å². The number of hydrogen-bond donors (Lipinski definition) is 1. The van der Waals surface area contributed by atoms with Gasteiger partial charge in [-0.15, -0.1) is 23.1 Å². The molecule has 0 fully saturated rings. The monoisotopic (exact) mass is 379 g/mol. The molecule has 0 saturated heterocycles. The van der Waals surface area contributed by atoms with Gasteiger partial charge in [-0.2, -0.15) is 0 Å². The van der Waals surface area contributed by atoms with Crippen molar-refractivity contribution in [3.05, 3.63) is 40.2 Å². The maximum Gasteiger partial charge on any atom is 0.341 e. The van der Waals surface area contributed by atoms with E-state index in [-0.39, 0.29) is 11.9 Å². The van der Waals surface area contributed by atoms with Crippen molar-refractivity contribution in [1.29, 1.82) is 0 Å². The van der Waals surface area contributed by atoms with Crippen molar-refractivity contribution in [2.24, 2.45) is 5.92 Å². The number of anilines is 1. The molecule has 0 saturated carbocycles. The number of nitrogens with one attached hydrogen (secondary N) is 1. The first-order valence-corrected chi connectivity index (χ1v) is 10.2. The van der Waals surface area contributed by atoms with Gasteiger partial charge in [0.15, 0.2) is 0 Å². The predicted octanol–water partition coefficient (Wildman–Crippen LogP) is 4.12. The topological polar surface area (TPSA) is 68.5 Å². The Morgan fingerprint density at radius 2 is 2.32 bits per heavy atom. The largest absolute Gasteiger partial charge is 0.468 e. The Labute approximate surface area is 155 Å². The summed E-state index contributed by atoms with van der Waals surface area (Å²) in [5.74, 6) is 1.90. The van der Waals surface area contributed by atoms with E-state index in [0.29, 0.717) is 28.0 Å². The van der Waals surface area contributed by atoms with Gasteiger partial charge in [0.2, 0.25) is 5.91 Å². The van der Waals surface area contributed by atoms with Crippen LogP contribution < -0.4 is 5.32 Å². The summed E-state index contributed by atoms with van der Waals surface area (Å²) in [7, 11) is 1.38. The minimum absolute atomic E-state index is 0.117. The van der Waals surface area contributed by atoms with E-state index in [0.717, 1.165) is 30.6 Å². The average Bonchev–Trinajstić information content (AvgIpc) is 3.21. The molecule has 2 aromatic heterocycles. The predicted molar refractivity (Wildman–Crippen MR) is 100 cm³/mol. The summed E-state index contributed by atoms with van der Waals surface area (Å²) >= 11 is 2.98. The highest BCUT2D eigenvalue weighted by molar-refractivity contribution is 7.99. The lowest BCUT2D eigenvalue weighted by Gasteiger charge is -2.18. The van der Waals surface area contributed by atoms with Crippen LogP contribution in [-0.2, 0) is 28.1 Å². The zero-order valence-electron chi connectivity index (χ0n) is 14.3. The molecule has 5 nitrogen and oxygen atoms in total. The lowest BCUT2D eigenvalue weighted by molar-refractivity contribution is -0.113. The van der Waals surface area contributed by atoms with Crippen LogP contribution in [0.15, 0.2) is 22.8 Å². The molecule has 3 rings (SSSR count). The Hall–Kier alpha value is -1.73. The molecule has 134 valence electrons. The smallest absolute Gasteiger partial charge is 0.341 e. The van der Waals surface area contributed by atoms with Crippen LogP contribution in [0, 0.1) is 5.92 Å². The summed E-state index contributed by atoms with van der Waals surface area (Å²) in [6.07, 6.45) is 4.49. The van der Waals surface area contributed by atoms with Gasteiger partial charge < -0.3 is 14.5 Å². The number of furan rings is 1. The number of ether oxygens (including phenoxy) is 1. The summed E-state index contributed by atoms with van der Waals surface area (Å²) in [5, 5.41) is 3.53. The standard InChI is InChI=1S/C18H21NO4S2/c1-11-5-6-13-14(8-11)25-17(16(13)18(21)22-2)19-15(20)10-24-9-12-4-3-7-23-12/h3-4,7,11H,5-6,8-10H2,1-2H3,(H,19,20). The lowest BCUT2D eigenvalue weighted by atomic mass is 9.88. The Bertz CT molecular complexity index is 751. The van der Waals surface area contributed by atoms with Crippen molar-refractivity contribution in [3.63, 3.8) is 0 Å². The molecule has 0 aromatic carbocycles. The van der Waals surface area contributed by atoms with E-state index in [1.54, 1.807) is 6.26 Å². The third kappa shape index (κ3) is 4.27. The number of esters is 1. The average molecular weight is 380 g/mol. The maximum absolute atomic E-state index is 12.3. The molecule has 1 aliphatic rings. The van der Waals surface area contributed by atoms with Crippen LogP contribution >= 0.6 is 23.1 Å². The third-order valence-electron chi connectivity index (χ3n) is 4.21. The van der Waals surface area contributed by atoms with Crippen LogP contribution in [0.1, 0.15) is 39.9 Å². The van der Waals surface area contributed by atoms with Crippen molar-refractivity contribution in [2.45, 2.75) is 31.9 Å². The summed E-state index contributed by atoms with van der Waals surface area (Å²) in [4.78, 5) is 25.7. The van der Waals surface area contributed by atoms with E-state index in [4.69, 9.17) is 9.15 Å². The number of hydrogen-bond acceptors (Lipinski definition) is 6. The van der Waals surface area contributed by atoms with Crippen LogP contribution in [0.4, 0.5) is 5.00 Å². The van der Waals surface area contributed by atoms with Gasteiger partial charge in [0.05, 0.1) is 30.4 Å². The summed E-state index contributed by atoms with van der Waals surface area (Å²) < 4.78 is 10.2. The van der Waals surface area contributed by atoms with Gasteiger partial charge in [-0.3, -0.25) is 4.79 Å². The van der Waals surface area contributed by atoms with Crippen LogP contribution in [0.3, 0.4) is 0 Å². The fraction of sp³-hybridized carbons (Fsp3) is 0.444. The van der Waals surface area contributed by atoms with Crippen molar-refractivity contribution in [2.75, 3.05) is 18.2 Å². The van der Waals surface area contributed by atoms with Crippen molar-refractivity contribution in [1.82, 2.24) is 0 Å². The fourth-order valence-electron chi connectivity index (χ4n) is 2.96. The van der Waals surface area contributed by atoms with Crippen molar-refractivity contribution in [3.8, 4) is 0 Å². The highest BCUT2D eigenvalue weighted by Crippen LogP contribution is 2.40. The minimum Gasteiger partial charge on any atom is -0.468 e. The highest BCUT2D eigenvalue weighted by atomic mass is 32.2. The molecule has 1 aliphatic carbocycles. The fourth-order valence-corrected chi connectivity index (χ4v) is 5.10. The molecule has 0 radical (unpaired) electrons. The first-order chi connectivity index (χ1) is 12.1. The highest BCUT2D eigenvalue weighted by Gasteiger charge is 2.28. The molecule has 1 atom stereocenters. The SMILES string of the molecule is COC(=O)c1c(NC(=O)CSCc2ccco2)sc2c1CCC(C)C2. The molecular weight excluding hydrogens is 358 g/mol. The molecule has 0 aliphatic heterocycles. The lowest BCUT2D eigenvalue weighted by Crippen LogP contribution is -2.17. The molecular formula is C18H21NO4S2. The number of fused-ring (bicyclic) bond motifs is 1. The maximum atomic E-state index is 12.3. The van der Waals surface area contributed by atoms with Gasteiger partial charge in [0.1, 0.15) is 10.8 Å². The number of thiophene rings is 1. The first-order valence-electron chi connectivity index (χ1n) is 8.21. The molecule has 0 spiro atoms. The molecule has 1 N–H and O–H groups in total. The number of amides is 1. The van der Waals surface area contributed by atoms with Gasteiger partial charge >= 0.3 is 5.97 Å². The molecule has 1 amide bonds. The zero-order valence-corrected chi connectivity index (χ0v) is 15.9. The number of rotatable bonds is 6. The van der Waals surface area contributed by atoms with Crippen LogP contribution in [-0.4, -0.2) is 24.7 Å². The first kappa shape index (κ1) is 18.1. The summed E-state index contributed by atoms with van der Waals surface area (Å²) in [5.41, 5.74) is 1.59. The molecule has 1 unspecified atom stereocenters. The van der Waals surface area contributed by atoms with Gasteiger partial charge in [0, 0.05) is 4.88 Å². The van der Waals surface area contributed by atoms with Gasteiger partial charge in [0.25, 0.3) is 0 Å². The van der Waals surface area contributed by atoms with Crippen molar-refractivity contribution < 1.29 is 18.7 Å². The molecule has 0 bridgehead atoms. The van der Waals surface area contributed by atoms with E-state index < -0.39 is 0 Å². The zero-order chi connectivity index (χ0) is 17.8. The van der Waals surface area contributed by atoms with E-state index >= 15 is 0 Å². The van der Waals surface area contributed by atoms with Gasteiger partial charge in [-0.1, -0.05) is 6.92 Å². The quantitative estimate of drug-likeness (QED) is 0.765. The second-order valence-corrected chi connectivity index (χ2v) is 8.26.